The van der Waals surface area contributed by atoms with Crippen LogP contribution >= 0.6 is 0 Å². The molecule has 5 heavy (non-hydrogen) atoms. The first-order valence-electron chi connectivity index (χ1n) is 1.12. The van der Waals surface area contributed by atoms with E-state index in [2.05, 4.69) is 0 Å². The second-order valence-corrected chi connectivity index (χ2v) is 0.408. The molecule has 0 unspecified atom stereocenters. The zero-order chi connectivity index (χ0) is 2.71. The van der Waals surface area contributed by atoms with Gasteiger partial charge < -0.3 is 14.1 Å². The van der Waals surface area contributed by atoms with Crippen LogP contribution in [-0.2, 0) is 0 Å². The molecule has 0 spiro atoms. The number of hydrogen-bond donors (Lipinski definition) is 1. The normalized spacial score (nSPS) is 3.60. The molecule has 2 nitrogen and oxygen atoms in total. The Morgan fingerprint density at radius 2 is 1.80 bits per heavy atom. The van der Waals surface area contributed by atoms with Gasteiger partial charge >= 0.3 is 37.7 Å². The number of hydrogen-bond acceptors (Lipinski definition) is 1. The molecule has 0 bridgehead atoms. The molecule has 3 heteroatoms. The number of rotatable bonds is 0. The smallest absolute Gasteiger partial charge is 1.00 e. The van der Waals surface area contributed by atoms with Gasteiger partial charge in [0.1, 0.15) is 0 Å². The second kappa shape index (κ2) is 19.0. The van der Waals surface area contributed by atoms with Crippen molar-refractivity contribution in [3.8, 4) is 0 Å². The van der Waals surface area contributed by atoms with Crippen molar-refractivity contribution in [2.24, 2.45) is 5.73 Å². The minimum absolute atomic E-state index is 0. The molecular formula is C2H11CaNO. The summed E-state index contributed by atoms with van der Waals surface area (Å²) < 4.78 is 0. The first kappa shape index (κ1) is 16.4. The molecule has 0 heterocycles. The second-order valence-electron chi connectivity index (χ2n) is 0.408. The molecule has 0 atom stereocenters. The fourth-order valence-corrected chi connectivity index (χ4v) is 0. The van der Waals surface area contributed by atoms with Gasteiger partial charge in [-0.15, -0.1) is 0 Å². The van der Waals surface area contributed by atoms with Crippen molar-refractivity contribution in [2.45, 2.75) is 6.92 Å². The van der Waals surface area contributed by atoms with E-state index in [1.165, 1.54) is 0 Å². The molecule has 0 aliphatic rings. The molecule has 0 aromatic heterocycles. The average Bonchev–Trinajstić information content (AvgIpc) is 0.918. The minimum atomic E-state index is 0. The van der Waals surface area contributed by atoms with Crippen LogP contribution in [-0.4, -0.2) is 49.8 Å². The summed E-state index contributed by atoms with van der Waals surface area (Å²) in [4.78, 5) is 0. The van der Waals surface area contributed by atoms with Crippen molar-refractivity contribution < 1.29 is 8.33 Å². The van der Waals surface area contributed by atoms with E-state index < -0.39 is 0 Å². The Morgan fingerprint density at radius 1 is 1.80 bits per heavy atom. The van der Waals surface area contributed by atoms with Gasteiger partial charge in [-0.2, -0.15) is 0 Å². The Labute approximate surface area is 65.0 Å². The van der Waals surface area contributed by atoms with Crippen molar-refractivity contribution in [3.63, 3.8) is 0 Å². The van der Waals surface area contributed by atoms with Gasteiger partial charge in [0.25, 0.3) is 0 Å². The zero-order valence-corrected chi connectivity index (χ0v) is 5.70. The SMILES string of the molecule is CCN.O.[Ca+2].[H-].[H-]. The van der Waals surface area contributed by atoms with E-state index in [4.69, 9.17) is 5.73 Å². The summed E-state index contributed by atoms with van der Waals surface area (Å²) in [6.07, 6.45) is 0. The van der Waals surface area contributed by atoms with Crippen LogP contribution in [0, 0.1) is 0 Å². The van der Waals surface area contributed by atoms with Gasteiger partial charge in [-0.05, 0) is 6.54 Å². The Balaban J connectivity index is -0.00000000333. The molecule has 0 aromatic rings. The van der Waals surface area contributed by atoms with Crippen LogP contribution in [0.2, 0.25) is 0 Å². The molecule has 0 saturated carbocycles. The summed E-state index contributed by atoms with van der Waals surface area (Å²) in [7, 11) is 0. The van der Waals surface area contributed by atoms with E-state index in [0.717, 1.165) is 6.54 Å². The molecule has 0 fully saturated rings. The predicted molar refractivity (Wildman–Crippen MR) is 26.3 cm³/mol. The van der Waals surface area contributed by atoms with Gasteiger partial charge in [0.2, 0.25) is 0 Å². The van der Waals surface area contributed by atoms with Crippen LogP contribution in [0.25, 0.3) is 0 Å². The van der Waals surface area contributed by atoms with E-state index in [1.807, 2.05) is 6.92 Å². The van der Waals surface area contributed by atoms with E-state index in [-0.39, 0.29) is 46.1 Å². The summed E-state index contributed by atoms with van der Waals surface area (Å²) >= 11 is 0. The fraction of sp³-hybridized carbons (Fsp3) is 1.00. The summed E-state index contributed by atoms with van der Waals surface area (Å²) in [5.41, 5.74) is 4.85. The quantitative estimate of drug-likeness (QED) is 0.394. The maximum absolute atomic E-state index is 4.85. The molecule has 0 radical (unpaired) electrons. The van der Waals surface area contributed by atoms with Crippen LogP contribution in [0.15, 0.2) is 0 Å². The van der Waals surface area contributed by atoms with Crippen LogP contribution in [0.3, 0.4) is 0 Å². The standard InChI is InChI=1S/C2H7N.Ca.H2O.2H/c1-2-3;;;;/h2-3H2,1H3;;1H2;;/q;+2;;2*-1. The number of nitrogens with two attached hydrogens (primary N) is 1. The van der Waals surface area contributed by atoms with Crippen molar-refractivity contribution in [2.75, 3.05) is 6.54 Å². The topological polar surface area (TPSA) is 57.5 Å². The Morgan fingerprint density at radius 3 is 1.80 bits per heavy atom. The largest absolute Gasteiger partial charge is 2.00 e. The third-order valence-electron chi connectivity index (χ3n) is 0. The molecule has 4 N–H and O–H groups in total. The van der Waals surface area contributed by atoms with Crippen LogP contribution in [0.1, 0.15) is 9.78 Å². The maximum Gasteiger partial charge on any atom is 2.00 e. The molecule has 0 aliphatic heterocycles. The monoisotopic (exact) mass is 105 g/mol. The molecule has 0 aromatic carbocycles. The molecule has 32 valence electrons. The first-order chi connectivity index (χ1) is 1.41. The van der Waals surface area contributed by atoms with Crippen LogP contribution < -0.4 is 5.73 Å². The first-order valence-corrected chi connectivity index (χ1v) is 1.12. The molecule has 0 amide bonds. The van der Waals surface area contributed by atoms with Crippen LogP contribution in [0.5, 0.6) is 0 Å². The summed E-state index contributed by atoms with van der Waals surface area (Å²) in [6.45, 7) is 2.65. The van der Waals surface area contributed by atoms with Gasteiger partial charge in [0.05, 0.1) is 0 Å². The Kier molecular flexibility index (Phi) is 62.5. The van der Waals surface area contributed by atoms with E-state index in [0.29, 0.717) is 0 Å². The van der Waals surface area contributed by atoms with Gasteiger partial charge in [0.15, 0.2) is 0 Å². The van der Waals surface area contributed by atoms with E-state index in [1.54, 1.807) is 0 Å². The summed E-state index contributed by atoms with van der Waals surface area (Å²) in [6, 6.07) is 0. The van der Waals surface area contributed by atoms with Crippen LogP contribution in [0.4, 0.5) is 0 Å². The van der Waals surface area contributed by atoms with Crippen molar-refractivity contribution in [1.82, 2.24) is 0 Å². The third-order valence-corrected chi connectivity index (χ3v) is 0. The van der Waals surface area contributed by atoms with Gasteiger partial charge in [-0.1, -0.05) is 6.92 Å². The van der Waals surface area contributed by atoms with Gasteiger partial charge in [-0.3, -0.25) is 0 Å². The molecule has 0 aliphatic carbocycles. The zero-order valence-electron chi connectivity index (χ0n) is 5.49. The molecule has 0 saturated heterocycles. The van der Waals surface area contributed by atoms with E-state index >= 15 is 0 Å². The Bertz CT molecular complexity index is 15.7. The van der Waals surface area contributed by atoms with Gasteiger partial charge in [0, 0.05) is 0 Å². The molecule has 0 rings (SSSR count). The predicted octanol–water partition coefficient (Wildman–Crippen LogP) is -1.02. The fourth-order valence-electron chi connectivity index (χ4n) is 0. The maximum atomic E-state index is 4.85. The molecular weight excluding hydrogens is 94.1 g/mol. The average molecular weight is 105 g/mol. The van der Waals surface area contributed by atoms with Crippen molar-refractivity contribution >= 4 is 37.7 Å². The Hall–Kier alpha value is 1.18. The van der Waals surface area contributed by atoms with E-state index in [9.17, 15) is 0 Å². The van der Waals surface area contributed by atoms with Gasteiger partial charge in [-0.25, -0.2) is 0 Å². The minimum Gasteiger partial charge on any atom is -1.00 e. The summed E-state index contributed by atoms with van der Waals surface area (Å²) in [5.74, 6) is 0. The summed E-state index contributed by atoms with van der Waals surface area (Å²) in [5, 5.41) is 0. The van der Waals surface area contributed by atoms with Crippen molar-refractivity contribution in [3.05, 3.63) is 0 Å². The third kappa shape index (κ3) is 37.6. The van der Waals surface area contributed by atoms with Crippen molar-refractivity contribution in [1.29, 1.82) is 0 Å².